The van der Waals surface area contributed by atoms with Crippen LogP contribution < -0.4 is 0 Å². The van der Waals surface area contributed by atoms with E-state index in [-0.39, 0.29) is 5.91 Å². The maximum atomic E-state index is 13.7. The number of carbonyl (C=O) groups is 1. The van der Waals surface area contributed by atoms with E-state index in [4.69, 9.17) is 0 Å². The zero-order valence-corrected chi connectivity index (χ0v) is 19.5. The lowest BCUT2D eigenvalue weighted by molar-refractivity contribution is -0.137. The summed E-state index contributed by atoms with van der Waals surface area (Å²) in [4.78, 5) is 30.9. The molecule has 0 bridgehead atoms. The van der Waals surface area contributed by atoms with Gasteiger partial charge in [0.2, 0.25) is 0 Å². The normalized spacial score (nSPS) is 17.8. The van der Waals surface area contributed by atoms with Crippen molar-refractivity contribution in [1.29, 1.82) is 0 Å². The first-order valence-corrected chi connectivity index (χ1v) is 11.9. The lowest BCUT2D eigenvalue weighted by atomic mass is 10.0. The Labute approximate surface area is 201 Å². The molecule has 35 heavy (non-hydrogen) atoms. The molecule has 0 atom stereocenters. The fourth-order valence-corrected chi connectivity index (χ4v) is 5.12. The maximum absolute atomic E-state index is 13.7. The highest BCUT2D eigenvalue weighted by atomic mass is 19.4. The summed E-state index contributed by atoms with van der Waals surface area (Å²) in [7, 11) is 1.72. The third-order valence-corrected chi connectivity index (χ3v) is 7.01. The summed E-state index contributed by atoms with van der Waals surface area (Å²) < 4.78 is 40.8. The molecule has 4 heterocycles. The second-order valence-electron chi connectivity index (χ2n) is 9.16. The molecule has 2 fully saturated rings. The molecule has 1 aromatic carbocycles. The Bertz CT molecular complexity index is 1180. The predicted octanol–water partition coefficient (Wildman–Crippen LogP) is 4.26. The van der Waals surface area contributed by atoms with Crippen molar-refractivity contribution in [2.75, 3.05) is 26.2 Å². The SMILES string of the molecule is Cn1c(-c2ccc(C(F)(F)F)cc2)nc(-c2cncnc2)c1C(=O)N1CCC(N2CCCC2)CC1. The van der Waals surface area contributed by atoms with E-state index in [2.05, 4.69) is 19.9 Å². The van der Waals surface area contributed by atoms with Crippen LogP contribution in [0.2, 0.25) is 0 Å². The summed E-state index contributed by atoms with van der Waals surface area (Å²) in [6.07, 6.45) is 4.48. The van der Waals surface area contributed by atoms with Gasteiger partial charge in [-0.25, -0.2) is 15.0 Å². The molecule has 0 N–H and O–H groups in total. The van der Waals surface area contributed by atoms with Gasteiger partial charge < -0.3 is 14.4 Å². The van der Waals surface area contributed by atoms with E-state index in [1.807, 2.05) is 4.90 Å². The summed E-state index contributed by atoms with van der Waals surface area (Å²) in [5, 5.41) is 0. The number of halogens is 3. The number of amides is 1. The topological polar surface area (TPSA) is 67.2 Å². The molecule has 2 saturated heterocycles. The third-order valence-electron chi connectivity index (χ3n) is 7.01. The molecule has 0 radical (unpaired) electrons. The Balaban J connectivity index is 1.46. The minimum Gasteiger partial charge on any atom is -0.337 e. The quantitative estimate of drug-likeness (QED) is 0.554. The van der Waals surface area contributed by atoms with Gasteiger partial charge in [-0.2, -0.15) is 13.2 Å². The van der Waals surface area contributed by atoms with Gasteiger partial charge in [-0.05, 0) is 50.9 Å². The predicted molar refractivity (Wildman–Crippen MR) is 124 cm³/mol. The number of likely N-dealkylation sites (tertiary alicyclic amines) is 2. The second kappa shape index (κ2) is 9.41. The van der Waals surface area contributed by atoms with Gasteiger partial charge in [-0.3, -0.25) is 4.79 Å². The molecule has 2 aromatic heterocycles. The van der Waals surface area contributed by atoms with E-state index in [9.17, 15) is 18.0 Å². The van der Waals surface area contributed by atoms with Crippen LogP contribution in [0.25, 0.3) is 22.6 Å². The minimum atomic E-state index is -4.42. The van der Waals surface area contributed by atoms with Crippen molar-refractivity contribution in [3.8, 4) is 22.6 Å². The van der Waals surface area contributed by atoms with Crippen molar-refractivity contribution in [2.45, 2.75) is 37.9 Å². The van der Waals surface area contributed by atoms with E-state index < -0.39 is 11.7 Å². The van der Waals surface area contributed by atoms with E-state index in [0.717, 1.165) is 38.1 Å². The Kier molecular flexibility index (Phi) is 6.31. The Morgan fingerprint density at radius 1 is 0.943 bits per heavy atom. The standard InChI is InChI=1S/C25H27F3N6O/c1-32-22(24(35)34-12-8-20(9-13-34)33-10-2-3-11-33)21(18-14-29-16-30-15-18)31-23(32)17-4-6-19(7-5-17)25(26,27)28/h4-7,14-16,20H,2-3,8-13H2,1H3. The number of alkyl halides is 3. The third kappa shape index (κ3) is 4.67. The van der Waals surface area contributed by atoms with Crippen LogP contribution in [-0.2, 0) is 13.2 Å². The number of imidazole rings is 1. The van der Waals surface area contributed by atoms with Gasteiger partial charge in [0.1, 0.15) is 23.5 Å². The van der Waals surface area contributed by atoms with Gasteiger partial charge in [0.05, 0.1) is 5.56 Å². The van der Waals surface area contributed by atoms with Gasteiger partial charge >= 0.3 is 6.18 Å². The van der Waals surface area contributed by atoms with E-state index in [1.54, 1.807) is 24.0 Å². The molecule has 0 spiro atoms. The Morgan fingerprint density at radius 2 is 1.57 bits per heavy atom. The Morgan fingerprint density at radius 3 is 2.17 bits per heavy atom. The van der Waals surface area contributed by atoms with Crippen LogP contribution in [0, 0.1) is 0 Å². The molecule has 1 amide bonds. The summed E-state index contributed by atoms with van der Waals surface area (Å²) in [6, 6.07) is 5.33. The lowest BCUT2D eigenvalue weighted by Gasteiger charge is -2.36. The summed E-state index contributed by atoms with van der Waals surface area (Å²) in [5.74, 6) is 0.268. The molecule has 0 unspecified atom stereocenters. The van der Waals surface area contributed by atoms with Crippen molar-refractivity contribution < 1.29 is 18.0 Å². The first-order chi connectivity index (χ1) is 16.8. The van der Waals surface area contributed by atoms with Crippen LogP contribution in [0.4, 0.5) is 13.2 Å². The molecule has 184 valence electrons. The zero-order valence-electron chi connectivity index (χ0n) is 19.5. The number of hydrogen-bond acceptors (Lipinski definition) is 5. The maximum Gasteiger partial charge on any atom is 0.416 e. The van der Waals surface area contributed by atoms with Crippen molar-refractivity contribution in [3.63, 3.8) is 0 Å². The van der Waals surface area contributed by atoms with Crippen LogP contribution in [0.3, 0.4) is 0 Å². The first kappa shape index (κ1) is 23.5. The highest BCUT2D eigenvalue weighted by Gasteiger charge is 2.33. The molecule has 2 aliphatic heterocycles. The smallest absolute Gasteiger partial charge is 0.337 e. The van der Waals surface area contributed by atoms with Crippen molar-refractivity contribution >= 4 is 5.91 Å². The number of benzene rings is 1. The van der Waals surface area contributed by atoms with Gasteiger partial charge in [-0.15, -0.1) is 0 Å². The van der Waals surface area contributed by atoms with E-state index in [0.29, 0.717) is 47.5 Å². The van der Waals surface area contributed by atoms with Gasteiger partial charge in [0.15, 0.2) is 0 Å². The van der Waals surface area contributed by atoms with Crippen LogP contribution in [0.1, 0.15) is 41.7 Å². The van der Waals surface area contributed by atoms with Crippen molar-refractivity contribution in [2.24, 2.45) is 7.05 Å². The van der Waals surface area contributed by atoms with E-state index in [1.165, 1.54) is 31.3 Å². The molecular formula is C25H27F3N6O. The average Bonchev–Trinajstić information content (AvgIpc) is 3.52. The highest BCUT2D eigenvalue weighted by Crippen LogP contribution is 2.33. The van der Waals surface area contributed by atoms with E-state index >= 15 is 0 Å². The van der Waals surface area contributed by atoms with Crippen LogP contribution >= 0.6 is 0 Å². The average molecular weight is 485 g/mol. The van der Waals surface area contributed by atoms with Crippen LogP contribution in [0.15, 0.2) is 43.0 Å². The number of aromatic nitrogens is 4. The number of carbonyl (C=O) groups excluding carboxylic acids is 1. The number of rotatable bonds is 4. The van der Waals surface area contributed by atoms with Crippen LogP contribution in [-0.4, -0.2) is 67.4 Å². The summed E-state index contributed by atoms with van der Waals surface area (Å²) >= 11 is 0. The fraction of sp³-hybridized carbons (Fsp3) is 0.440. The summed E-state index contributed by atoms with van der Waals surface area (Å²) in [5.41, 5.74) is 1.15. The number of piperidine rings is 1. The molecule has 5 rings (SSSR count). The fourth-order valence-electron chi connectivity index (χ4n) is 5.12. The first-order valence-electron chi connectivity index (χ1n) is 11.9. The largest absolute Gasteiger partial charge is 0.416 e. The second-order valence-corrected chi connectivity index (χ2v) is 9.16. The molecule has 0 saturated carbocycles. The molecule has 10 heteroatoms. The minimum absolute atomic E-state index is 0.142. The van der Waals surface area contributed by atoms with Crippen LogP contribution in [0.5, 0.6) is 0 Å². The zero-order chi connectivity index (χ0) is 24.6. The van der Waals surface area contributed by atoms with Gasteiger partial charge in [-0.1, -0.05) is 12.1 Å². The summed E-state index contributed by atoms with van der Waals surface area (Å²) in [6.45, 7) is 3.58. The van der Waals surface area contributed by atoms with Crippen molar-refractivity contribution in [3.05, 3.63) is 54.2 Å². The molecule has 0 aliphatic carbocycles. The number of hydrogen-bond donors (Lipinski definition) is 0. The Hall–Kier alpha value is -3.27. The molecule has 7 nitrogen and oxygen atoms in total. The monoisotopic (exact) mass is 484 g/mol. The number of nitrogens with zero attached hydrogens (tertiary/aromatic N) is 6. The molecule has 2 aliphatic rings. The molecular weight excluding hydrogens is 457 g/mol. The van der Waals surface area contributed by atoms with Crippen molar-refractivity contribution in [1.82, 2.24) is 29.3 Å². The highest BCUT2D eigenvalue weighted by molar-refractivity contribution is 5.99. The van der Waals surface area contributed by atoms with Gasteiger partial charge in [0, 0.05) is 49.7 Å². The van der Waals surface area contributed by atoms with Gasteiger partial charge in [0.25, 0.3) is 5.91 Å². The molecule has 3 aromatic rings. The lowest BCUT2D eigenvalue weighted by Crippen LogP contribution is -2.46.